The quantitative estimate of drug-likeness (QED) is 0.737. The standard InChI is InChI=1S/C13H25N3O/c1-9-6-10(2)16(7-9)8-13(15-3,12(14)17)11-4-5-11/h9-11,15H,4-8H2,1-3H3,(H2,14,17). The normalized spacial score (nSPS) is 33.6. The van der Waals surface area contributed by atoms with E-state index in [4.69, 9.17) is 5.73 Å². The van der Waals surface area contributed by atoms with Gasteiger partial charge in [0.25, 0.3) is 0 Å². The van der Waals surface area contributed by atoms with Crippen LogP contribution < -0.4 is 11.1 Å². The number of hydrogen-bond donors (Lipinski definition) is 2. The molecule has 17 heavy (non-hydrogen) atoms. The van der Waals surface area contributed by atoms with Gasteiger partial charge >= 0.3 is 0 Å². The molecule has 3 N–H and O–H groups in total. The van der Waals surface area contributed by atoms with Crippen LogP contribution >= 0.6 is 0 Å². The minimum atomic E-state index is -0.502. The number of likely N-dealkylation sites (tertiary alicyclic amines) is 1. The van der Waals surface area contributed by atoms with Crippen molar-refractivity contribution in [1.82, 2.24) is 10.2 Å². The lowest BCUT2D eigenvalue weighted by atomic mass is 9.91. The second kappa shape index (κ2) is 4.58. The van der Waals surface area contributed by atoms with E-state index >= 15 is 0 Å². The fraction of sp³-hybridized carbons (Fsp3) is 0.923. The van der Waals surface area contributed by atoms with Gasteiger partial charge in [0.1, 0.15) is 5.54 Å². The maximum Gasteiger partial charge on any atom is 0.239 e. The Morgan fingerprint density at radius 3 is 2.47 bits per heavy atom. The smallest absolute Gasteiger partial charge is 0.239 e. The van der Waals surface area contributed by atoms with Crippen molar-refractivity contribution in [3.05, 3.63) is 0 Å². The third-order valence-electron chi connectivity index (χ3n) is 4.53. The van der Waals surface area contributed by atoms with Crippen LogP contribution in [-0.4, -0.2) is 42.5 Å². The monoisotopic (exact) mass is 239 g/mol. The van der Waals surface area contributed by atoms with Gasteiger partial charge in [0.05, 0.1) is 0 Å². The van der Waals surface area contributed by atoms with Crippen LogP contribution in [0.3, 0.4) is 0 Å². The Morgan fingerprint density at radius 1 is 1.47 bits per heavy atom. The van der Waals surface area contributed by atoms with Crippen LogP contribution in [0.25, 0.3) is 0 Å². The van der Waals surface area contributed by atoms with Crippen LogP contribution in [0.2, 0.25) is 0 Å². The lowest BCUT2D eigenvalue weighted by molar-refractivity contribution is -0.126. The predicted octanol–water partition coefficient (Wildman–Crippen LogP) is 0.570. The largest absolute Gasteiger partial charge is 0.368 e. The Morgan fingerprint density at radius 2 is 2.12 bits per heavy atom. The molecule has 0 aromatic carbocycles. The molecule has 0 aromatic rings. The summed E-state index contributed by atoms with van der Waals surface area (Å²) in [5.74, 6) is 0.981. The fourth-order valence-corrected chi connectivity index (χ4v) is 3.32. The number of carbonyl (C=O) groups is 1. The van der Waals surface area contributed by atoms with Crippen molar-refractivity contribution in [1.29, 1.82) is 0 Å². The van der Waals surface area contributed by atoms with Gasteiger partial charge in [-0.05, 0) is 45.1 Å². The first kappa shape index (κ1) is 12.8. The zero-order valence-electron chi connectivity index (χ0n) is 11.2. The van der Waals surface area contributed by atoms with Gasteiger partial charge < -0.3 is 11.1 Å². The highest BCUT2D eigenvalue weighted by Crippen LogP contribution is 2.41. The fourth-order valence-electron chi connectivity index (χ4n) is 3.32. The van der Waals surface area contributed by atoms with E-state index in [9.17, 15) is 4.79 Å². The van der Waals surface area contributed by atoms with Gasteiger partial charge in [-0.15, -0.1) is 0 Å². The number of nitrogens with one attached hydrogen (secondary N) is 1. The Hall–Kier alpha value is -0.610. The number of primary amides is 1. The van der Waals surface area contributed by atoms with Crippen LogP contribution in [0, 0.1) is 11.8 Å². The molecule has 1 saturated heterocycles. The zero-order chi connectivity index (χ0) is 12.6. The number of likely N-dealkylation sites (N-methyl/N-ethyl adjacent to an activating group) is 1. The van der Waals surface area contributed by atoms with Gasteiger partial charge in [0.2, 0.25) is 5.91 Å². The molecule has 0 aromatic heterocycles. The van der Waals surface area contributed by atoms with Crippen molar-refractivity contribution in [2.75, 3.05) is 20.1 Å². The number of hydrogen-bond acceptors (Lipinski definition) is 3. The van der Waals surface area contributed by atoms with E-state index in [-0.39, 0.29) is 5.91 Å². The number of nitrogens with zero attached hydrogens (tertiary/aromatic N) is 1. The highest BCUT2D eigenvalue weighted by Gasteiger charge is 2.50. The molecular formula is C13H25N3O. The molecule has 1 heterocycles. The van der Waals surface area contributed by atoms with Crippen molar-refractivity contribution in [2.45, 2.75) is 44.7 Å². The molecule has 1 amide bonds. The summed E-state index contributed by atoms with van der Waals surface area (Å²) in [6.45, 7) is 6.39. The highest BCUT2D eigenvalue weighted by molar-refractivity contribution is 5.86. The minimum absolute atomic E-state index is 0.186. The number of rotatable bonds is 5. The van der Waals surface area contributed by atoms with Crippen LogP contribution in [0.1, 0.15) is 33.1 Å². The van der Waals surface area contributed by atoms with E-state index in [1.165, 1.54) is 6.42 Å². The molecule has 3 atom stereocenters. The lowest BCUT2D eigenvalue weighted by Gasteiger charge is -2.36. The molecule has 98 valence electrons. The molecule has 2 rings (SSSR count). The molecule has 4 nitrogen and oxygen atoms in total. The molecule has 4 heteroatoms. The first-order valence-electron chi connectivity index (χ1n) is 6.72. The second-order valence-electron chi connectivity index (χ2n) is 5.98. The molecule has 3 unspecified atom stereocenters. The highest BCUT2D eigenvalue weighted by atomic mass is 16.1. The van der Waals surface area contributed by atoms with Crippen LogP contribution in [0.5, 0.6) is 0 Å². The Kier molecular flexibility index (Phi) is 3.46. The summed E-state index contributed by atoms with van der Waals surface area (Å²) in [6, 6.07) is 0.566. The van der Waals surface area contributed by atoms with Crippen molar-refractivity contribution < 1.29 is 4.79 Å². The maximum atomic E-state index is 11.8. The van der Waals surface area contributed by atoms with E-state index in [0.29, 0.717) is 12.0 Å². The summed E-state index contributed by atoms with van der Waals surface area (Å²) in [5.41, 5.74) is 5.15. The molecule has 1 saturated carbocycles. The van der Waals surface area contributed by atoms with Gasteiger partial charge in [-0.3, -0.25) is 9.69 Å². The van der Waals surface area contributed by atoms with E-state index < -0.39 is 5.54 Å². The van der Waals surface area contributed by atoms with Gasteiger partial charge in [0, 0.05) is 19.1 Å². The average molecular weight is 239 g/mol. The van der Waals surface area contributed by atoms with Gasteiger partial charge in [-0.25, -0.2) is 0 Å². The molecule has 1 aliphatic heterocycles. The second-order valence-corrected chi connectivity index (χ2v) is 5.98. The van der Waals surface area contributed by atoms with E-state index in [1.54, 1.807) is 0 Å². The summed E-state index contributed by atoms with van der Waals surface area (Å²) in [5, 5.41) is 3.22. The lowest BCUT2D eigenvalue weighted by Crippen LogP contribution is -2.62. The van der Waals surface area contributed by atoms with Crippen molar-refractivity contribution >= 4 is 5.91 Å². The van der Waals surface area contributed by atoms with Crippen molar-refractivity contribution in [3.8, 4) is 0 Å². The van der Waals surface area contributed by atoms with E-state index in [0.717, 1.165) is 31.8 Å². The van der Waals surface area contributed by atoms with E-state index in [2.05, 4.69) is 24.1 Å². The predicted molar refractivity (Wildman–Crippen MR) is 68.5 cm³/mol. The van der Waals surface area contributed by atoms with Crippen LogP contribution in [0.4, 0.5) is 0 Å². The molecule has 2 aliphatic rings. The SMILES string of the molecule is CNC(CN1CC(C)CC1C)(C(N)=O)C1CC1. The third-order valence-corrected chi connectivity index (χ3v) is 4.53. The van der Waals surface area contributed by atoms with Crippen LogP contribution in [-0.2, 0) is 4.79 Å². The summed E-state index contributed by atoms with van der Waals surface area (Å²) in [4.78, 5) is 14.3. The maximum absolute atomic E-state index is 11.8. The summed E-state index contributed by atoms with van der Waals surface area (Å²) < 4.78 is 0. The first-order valence-corrected chi connectivity index (χ1v) is 6.72. The third kappa shape index (κ3) is 2.33. The van der Waals surface area contributed by atoms with Crippen LogP contribution in [0.15, 0.2) is 0 Å². The molecule has 0 spiro atoms. The molecule has 0 bridgehead atoms. The topological polar surface area (TPSA) is 58.4 Å². The van der Waals surface area contributed by atoms with E-state index in [1.807, 2.05) is 7.05 Å². The van der Waals surface area contributed by atoms with Crippen molar-refractivity contribution in [2.24, 2.45) is 17.6 Å². The Labute approximate surface area is 104 Å². The Balaban J connectivity index is 2.10. The molecular weight excluding hydrogens is 214 g/mol. The number of nitrogens with two attached hydrogens (primary N) is 1. The summed E-state index contributed by atoms with van der Waals surface area (Å²) >= 11 is 0. The van der Waals surface area contributed by atoms with Crippen molar-refractivity contribution in [3.63, 3.8) is 0 Å². The van der Waals surface area contributed by atoms with Gasteiger partial charge in [0.15, 0.2) is 0 Å². The zero-order valence-corrected chi connectivity index (χ0v) is 11.2. The molecule has 0 radical (unpaired) electrons. The minimum Gasteiger partial charge on any atom is -0.368 e. The summed E-state index contributed by atoms with van der Waals surface area (Å²) in [7, 11) is 1.87. The van der Waals surface area contributed by atoms with Gasteiger partial charge in [-0.2, -0.15) is 0 Å². The number of carbonyl (C=O) groups excluding carboxylic acids is 1. The average Bonchev–Trinajstić information content (AvgIpc) is 3.03. The molecule has 2 fully saturated rings. The Bertz CT molecular complexity index is 303. The molecule has 1 aliphatic carbocycles. The summed E-state index contributed by atoms with van der Waals surface area (Å²) in [6.07, 6.45) is 3.48. The number of amides is 1. The first-order chi connectivity index (χ1) is 7.99. The van der Waals surface area contributed by atoms with Gasteiger partial charge in [-0.1, -0.05) is 6.92 Å².